The molecule has 0 amide bonds. The summed E-state index contributed by atoms with van der Waals surface area (Å²) in [5.41, 5.74) is 0.724. The average molecular weight is 137 g/mol. The van der Waals surface area contributed by atoms with Gasteiger partial charge in [-0.05, 0) is 6.08 Å². The lowest BCUT2D eigenvalue weighted by Gasteiger charge is -1.82. The van der Waals surface area contributed by atoms with Gasteiger partial charge in [0.05, 0.1) is 5.70 Å². The molecule has 1 rings (SSSR count). The van der Waals surface area contributed by atoms with Crippen LogP contribution in [0.1, 0.15) is 6.42 Å². The van der Waals surface area contributed by atoms with Crippen molar-refractivity contribution in [1.82, 2.24) is 0 Å². The van der Waals surface area contributed by atoms with Crippen LogP contribution < -0.4 is 0 Å². The minimum atomic E-state index is -0.942. The maximum atomic E-state index is 9.99. The number of allylic oxidation sites excluding steroid dienone is 2. The molecule has 1 heterocycles. The molecule has 1 aliphatic rings. The molecule has 0 aliphatic carbocycles. The molecule has 1 N–H and O–H groups in total. The number of carboxylic acid groups (broad SMARTS) is 1. The van der Waals surface area contributed by atoms with Crippen LogP contribution in [-0.4, -0.2) is 17.3 Å². The highest BCUT2D eigenvalue weighted by atomic mass is 16.4. The molecule has 3 heteroatoms. The quantitative estimate of drug-likeness (QED) is 0.577. The van der Waals surface area contributed by atoms with E-state index in [2.05, 4.69) is 4.99 Å². The van der Waals surface area contributed by atoms with Gasteiger partial charge in [-0.3, -0.25) is 4.99 Å². The molecule has 52 valence electrons. The van der Waals surface area contributed by atoms with Crippen molar-refractivity contribution in [3.05, 3.63) is 23.9 Å². The van der Waals surface area contributed by atoms with Crippen molar-refractivity contribution in [2.45, 2.75) is 6.42 Å². The lowest BCUT2D eigenvalue weighted by molar-refractivity contribution is -0.131. The van der Waals surface area contributed by atoms with Gasteiger partial charge in [0.15, 0.2) is 0 Å². The number of rotatable bonds is 2. The van der Waals surface area contributed by atoms with Crippen LogP contribution in [0.15, 0.2) is 28.9 Å². The lowest BCUT2D eigenvalue weighted by atomic mass is 10.3. The Morgan fingerprint density at radius 3 is 3.10 bits per heavy atom. The van der Waals surface area contributed by atoms with Crippen LogP contribution in [0.2, 0.25) is 0 Å². The van der Waals surface area contributed by atoms with Crippen molar-refractivity contribution in [2.75, 3.05) is 0 Å². The third-order valence-corrected chi connectivity index (χ3v) is 1.07. The van der Waals surface area contributed by atoms with Crippen LogP contribution in [-0.2, 0) is 4.79 Å². The molecule has 3 nitrogen and oxygen atoms in total. The molecule has 0 bridgehead atoms. The summed E-state index contributed by atoms with van der Waals surface area (Å²) in [7, 11) is 0. The monoisotopic (exact) mass is 137 g/mol. The van der Waals surface area contributed by atoms with E-state index in [-0.39, 0.29) is 0 Å². The van der Waals surface area contributed by atoms with Gasteiger partial charge in [-0.2, -0.15) is 0 Å². The molecular formula is C7H7NO2. The summed E-state index contributed by atoms with van der Waals surface area (Å²) >= 11 is 0. The normalized spacial score (nSPS) is 16.2. The topological polar surface area (TPSA) is 49.7 Å². The molecule has 0 aromatic carbocycles. The van der Waals surface area contributed by atoms with E-state index in [1.165, 1.54) is 6.08 Å². The number of hydrogen-bond acceptors (Lipinski definition) is 2. The molecule has 0 atom stereocenters. The van der Waals surface area contributed by atoms with Gasteiger partial charge in [-0.25, -0.2) is 4.79 Å². The summed E-state index contributed by atoms with van der Waals surface area (Å²) in [5.74, 6) is -0.942. The summed E-state index contributed by atoms with van der Waals surface area (Å²) in [4.78, 5) is 13.9. The maximum Gasteiger partial charge on any atom is 0.328 e. The number of hydrogen-bond donors (Lipinski definition) is 1. The highest BCUT2D eigenvalue weighted by Crippen LogP contribution is 2.05. The molecule has 0 spiro atoms. The van der Waals surface area contributed by atoms with Gasteiger partial charge in [0.2, 0.25) is 0 Å². The zero-order valence-corrected chi connectivity index (χ0v) is 5.32. The largest absolute Gasteiger partial charge is 0.478 e. The molecule has 0 aromatic heterocycles. The van der Waals surface area contributed by atoms with E-state index in [0.717, 1.165) is 18.2 Å². The summed E-state index contributed by atoms with van der Waals surface area (Å²) in [5, 5.41) is 8.21. The van der Waals surface area contributed by atoms with Gasteiger partial charge in [0.1, 0.15) is 0 Å². The van der Waals surface area contributed by atoms with E-state index in [4.69, 9.17) is 5.11 Å². The average Bonchev–Trinajstić information content (AvgIpc) is 2.34. The minimum absolute atomic E-state index is 0.724. The van der Waals surface area contributed by atoms with E-state index in [1.54, 1.807) is 6.21 Å². The van der Waals surface area contributed by atoms with Crippen LogP contribution in [0.4, 0.5) is 0 Å². The Hall–Kier alpha value is -1.38. The Balaban J connectivity index is 2.53. The predicted octanol–water partition coefficient (Wildman–Crippen LogP) is 0.986. The molecule has 0 unspecified atom stereocenters. The number of carboxylic acids is 1. The van der Waals surface area contributed by atoms with E-state index in [0.29, 0.717) is 0 Å². The number of aliphatic carboxylic acids is 1. The Morgan fingerprint density at radius 1 is 1.80 bits per heavy atom. The first kappa shape index (κ1) is 6.74. The zero-order valence-electron chi connectivity index (χ0n) is 5.32. The maximum absolute atomic E-state index is 9.99. The van der Waals surface area contributed by atoms with Crippen molar-refractivity contribution >= 4 is 12.2 Å². The number of nitrogens with zero attached hydrogens (tertiary/aromatic N) is 1. The van der Waals surface area contributed by atoms with Crippen LogP contribution in [0.25, 0.3) is 0 Å². The number of aliphatic imine (C=N–C) groups is 1. The van der Waals surface area contributed by atoms with Crippen molar-refractivity contribution in [1.29, 1.82) is 0 Å². The van der Waals surface area contributed by atoms with Crippen molar-refractivity contribution in [3.63, 3.8) is 0 Å². The Morgan fingerprint density at radius 2 is 2.60 bits per heavy atom. The Labute approximate surface area is 58.4 Å². The fourth-order valence-electron chi connectivity index (χ4n) is 0.652. The second-order valence-electron chi connectivity index (χ2n) is 1.85. The summed E-state index contributed by atoms with van der Waals surface area (Å²) in [6, 6.07) is 0. The molecule has 0 saturated carbocycles. The van der Waals surface area contributed by atoms with Gasteiger partial charge >= 0.3 is 5.97 Å². The Bertz CT molecular complexity index is 226. The first-order valence-corrected chi connectivity index (χ1v) is 2.93. The fourth-order valence-corrected chi connectivity index (χ4v) is 0.652. The summed E-state index contributed by atoms with van der Waals surface area (Å²) < 4.78 is 0. The second kappa shape index (κ2) is 2.96. The van der Waals surface area contributed by atoms with Crippen LogP contribution in [0.3, 0.4) is 0 Å². The summed E-state index contributed by atoms with van der Waals surface area (Å²) in [6.07, 6.45) is 6.96. The molecular weight excluding hydrogens is 130 g/mol. The van der Waals surface area contributed by atoms with Crippen LogP contribution >= 0.6 is 0 Å². The van der Waals surface area contributed by atoms with Crippen molar-refractivity contribution in [3.8, 4) is 0 Å². The van der Waals surface area contributed by atoms with Gasteiger partial charge in [-0.1, -0.05) is 6.08 Å². The van der Waals surface area contributed by atoms with Crippen LogP contribution in [0.5, 0.6) is 0 Å². The third kappa shape index (κ3) is 1.85. The van der Waals surface area contributed by atoms with Crippen LogP contribution in [0, 0.1) is 0 Å². The molecule has 1 aliphatic heterocycles. The SMILES string of the molecule is O=C(O)/C=C\C1=CCC=N1. The van der Waals surface area contributed by atoms with Crippen molar-refractivity contribution < 1.29 is 9.90 Å². The fraction of sp³-hybridized carbons (Fsp3) is 0.143. The second-order valence-corrected chi connectivity index (χ2v) is 1.85. The molecule has 0 fully saturated rings. The molecule has 0 aromatic rings. The smallest absolute Gasteiger partial charge is 0.328 e. The van der Waals surface area contributed by atoms with Gasteiger partial charge in [0, 0.05) is 18.7 Å². The van der Waals surface area contributed by atoms with Gasteiger partial charge < -0.3 is 5.11 Å². The minimum Gasteiger partial charge on any atom is -0.478 e. The standard InChI is InChI=1S/C7H7NO2/c9-7(10)4-3-6-2-1-5-8-6/h2-5H,1H2,(H,9,10)/b4-3-. The Kier molecular flexibility index (Phi) is 1.99. The van der Waals surface area contributed by atoms with Crippen molar-refractivity contribution in [2.24, 2.45) is 4.99 Å². The zero-order chi connectivity index (χ0) is 7.40. The molecule has 0 radical (unpaired) electrons. The van der Waals surface area contributed by atoms with Gasteiger partial charge in [-0.15, -0.1) is 0 Å². The van der Waals surface area contributed by atoms with E-state index in [9.17, 15) is 4.79 Å². The predicted molar refractivity (Wildman–Crippen MR) is 38.0 cm³/mol. The summed E-state index contributed by atoms with van der Waals surface area (Å²) in [6.45, 7) is 0. The first-order valence-electron chi connectivity index (χ1n) is 2.93. The molecule has 10 heavy (non-hydrogen) atoms. The van der Waals surface area contributed by atoms with Gasteiger partial charge in [0.25, 0.3) is 0 Å². The highest BCUT2D eigenvalue weighted by molar-refractivity contribution is 5.80. The third-order valence-electron chi connectivity index (χ3n) is 1.07. The number of carbonyl (C=O) groups is 1. The van der Waals surface area contributed by atoms with E-state index in [1.807, 2.05) is 6.08 Å². The van der Waals surface area contributed by atoms with E-state index < -0.39 is 5.97 Å². The van der Waals surface area contributed by atoms with E-state index >= 15 is 0 Å². The first-order chi connectivity index (χ1) is 4.79. The lowest BCUT2D eigenvalue weighted by Crippen LogP contribution is -1.85. The molecule has 0 saturated heterocycles. The highest BCUT2D eigenvalue weighted by Gasteiger charge is 1.93.